The van der Waals surface area contributed by atoms with Crippen LogP contribution in [0.1, 0.15) is 46.7 Å². The largest absolute Gasteiger partial charge is 0.490 e. The van der Waals surface area contributed by atoms with Crippen LogP contribution in [0.5, 0.6) is 5.75 Å². The predicted molar refractivity (Wildman–Crippen MR) is 95.7 cm³/mol. The highest BCUT2D eigenvalue weighted by molar-refractivity contribution is 5.47. The van der Waals surface area contributed by atoms with Crippen LogP contribution < -0.4 is 4.74 Å². The lowest BCUT2D eigenvalue weighted by Gasteiger charge is -2.19. The van der Waals surface area contributed by atoms with Crippen LogP contribution in [0, 0.1) is 32.1 Å². The summed E-state index contributed by atoms with van der Waals surface area (Å²) in [5.41, 5.74) is 4.92. The highest BCUT2D eigenvalue weighted by atomic mass is 16.5. The molecular formula is C20H25N3O2. The standard InChI is InChI=1S/C20H25N3O2/c1-13-8-16(10-21)9-14(2)20(13)25-12-17(24)11-23-15(3)22-18-6-4-5-7-19(18)23/h8-9,17,24H,4-7,11-12H2,1-3H3. The fraction of sp³-hybridized carbons (Fsp3) is 0.500. The molecule has 1 unspecified atom stereocenters. The van der Waals surface area contributed by atoms with Gasteiger partial charge in [-0.25, -0.2) is 4.98 Å². The molecule has 1 heterocycles. The zero-order chi connectivity index (χ0) is 18.0. The smallest absolute Gasteiger partial charge is 0.125 e. The number of imidazole rings is 1. The fourth-order valence-electron chi connectivity index (χ4n) is 3.66. The lowest BCUT2D eigenvalue weighted by atomic mass is 10.0. The van der Waals surface area contributed by atoms with Gasteiger partial charge in [0, 0.05) is 5.69 Å². The van der Waals surface area contributed by atoms with E-state index in [0.717, 1.165) is 35.5 Å². The van der Waals surface area contributed by atoms with Gasteiger partial charge in [0.25, 0.3) is 0 Å². The van der Waals surface area contributed by atoms with Gasteiger partial charge in [0.05, 0.1) is 23.9 Å². The Morgan fingerprint density at radius 2 is 1.92 bits per heavy atom. The maximum absolute atomic E-state index is 10.5. The zero-order valence-electron chi connectivity index (χ0n) is 15.2. The van der Waals surface area contributed by atoms with Crippen LogP contribution in [0.3, 0.4) is 0 Å². The summed E-state index contributed by atoms with van der Waals surface area (Å²) in [5.74, 6) is 1.72. The molecule has 1 aliphatic carbocycles. The maximum Gasteiger partial charge on any atom is 0.125 e. The molecule has 0 amide bonds. The molecule has 0 saturated carbocycles. The van der Waals surface area contributed by atoms with Gasteiger partial charge in [-0.3, -0.25) is 0 Å². The first kappa shape index (κ1) is 17.5. The Kier molecular flexibility index (Phi) is 5.10. The second kappa shape index (κ2) is 7.28. The number of aliphatic hydroxyl groups is 1. The van der Waals surface area contributed by atoms with Gasteiger partial charge in [-0.05, 0) is 69.7 Å². The Labute approximate surface area is 148 Å². The number of aliphatic hydroxyl groups excluding tert-OH is 1. The van der Waals surface area contributed by atoms with Crippen LogP contribution in [0.25, 0.3) is 0 Å². The van der Waals surface area contributed by atoms with Crippen molar-refractivity contribution in [2.45, 2.75) is 59.1 Å². The van der Waals surface area contributed by atoms with E-state index in [4.69, 9.17) is 10.00 Å². The second-order valence-corrected chi connectivity index (χ2v) is 6.89. The van der Waals surface area contributed by atoms with E-state index < -0.39 is 6.10 Å². The van der Waals surface area contributed by atoms with Crippen LogP contribution in [0.4, 0.5) is 0 Å². The van der Waals surface area contributed by atoms with E-state index in [9.17, 15) is 5.11 Å². The lowest BCUT2D eigenvalue weighted by molar-refractivity contribution is 0.0905. The molecule has 0 saturated heterocycles. The minimum Gasteiger partial charge on any atom is -0.490 e. The SMILES string of the molecule is Cc1cc(C#N)cc(C)c1OCC(O)Cn1c(C)nc2c1CCCC2. The van der Waals surface area contributed by atoms with Crippen LogP contribution >= 0.6 is 0 Å². The molecule has 0 aliphatic heterocycles. The number of nitrogens with zero attached hydrogens (tertiary/aromatic N) is 3. The Balaban J connectivity index is 1.67. The Bertz CT molecular complexity index is 794. The first-order valence-corrected chi connectivity index (χ1v) is 8.86. The fourth-order valence-corrected chi connectivity index (χ4v) is 3.66. The van der Waals surface area contributed by atoms with Crippen LogP contribution in [0.15, 0.2) is 12.1 Å². The summed E-state index contributed by atoms with van der Waals surface area (Å²) < 4.78 is 8.01. The minimum absolute atomic E-state index is 0.222. The third kappa shape index (κ3) is 3.69. The molecule has 1 aromatic heterocycles. The summed E-state index contributed by atoms with van der Waals surface area (Å²) in [5, 5.41) is 19.5. The Morgan fingerprint density at radius 1 is 1.24 bits per heavy atom. The molecule has 1 N–H and O–H groups in total. The van der Waals surface area contributed by atoms with Gasteiger partial charge in [0.15, 0.2) is 0 Å². The molecule has 2 aromatic rings. The summed E-state index contributed by atoms with van der Waals surface area (Å²) in [4.78, 5) is 4.65. The summed E-state index contributed by atoms with van der Waals surface area (Å²) in [6, 6.07) is 5.77. The normalized spacial score (nSPS) is 14.7. The van der Waals surface area contributed by atoms with Crippen molar-refractivity contribution in [1.82, 2.24) is 9.55 Å². The lowest BCUT2D eigenvalue weighted by Crippen LogP contribution is -2.26. The molecule has 25 heavy (non-hydrogen) atoms. The molecule has 1 aliphatic rings. The van der Waals surface area contributed by atoms with Crippen molar-refractivity contribution in [1.29, 1.82) is 5.26 Å². The average Bonchev–Trinajstić information content (AvgIpc) is 2.89. The molecule has 0 bridgehead atoms. The summed E-state index contributed by atoms with van der Waals surface area (Å²) >= 11 is 0. The van der Waals surface area contributed by atoms with Crippen LogP contribution in [0.2, 0.25) is 0 Å². The van der Waals surface area contributed by atoms with Gasteiger partial charge in [-0.1, -0.05) is 0 Å². The summed E-state index contributed by atoms with van der Waals surface area (Å²) in [6.07, 6.45) is 3.87. The van der Waals surface area contributed by atoms with E-state index in [0.29, 0.717) is 12.1 Å². The molecule has 132 valence electrons. The number of hydrogen-bond acceptors (Lipinski definition) is 4. The molecule has 1 atom stereocenters. The van der Waals surface area contributed by atoms with Crippen molar-refractivity contribution in [3.63, 3.8) is 0 Å². The number of benzene rings is 1. The quantitative estimate of drug-likeness (QED) is 0.909. The molecule has 0 fully saturated rings. The summed E-state index contributed by atoms with van der Waals surface area (Å²) in [7, 11) is 0. The van der Waals surface area contributed by atoms with Gasteiger partial charge in [0.1, 0.15) is 24.3 Å². The van der Waals surface area contributed by atoms with E-state index in [1.807, 2.05) is 32.9 Å². The first-order valence-electron chi connectivity index (χ1n) is 8.86. The van der Waals surface area contributed by atoms with E-state index in [-0.39, 0.29) is 6.61 Å². The van der Waals surface area contributed by atoms with Crippen molar-refractivity contribution in [3.05, 3.63) is 46.0 Å². The van der Waals surface area contributed by atoms with Crippen LogP contribution in [-0.2, 0) is 19.4 Å². The number of rotatable bonds is 5. The van der Waals surface area contributed by atoms with Crippen molar-refractivity contribution < 1.29 is 9.84 Å². The number of aromatic nitrogens is 2. The Hall–Kier alpha value is -2.32. The van der Waals surface area contributed by atoms with Crippen LogP contribution in [-0.4, -0.2) is 27.4 Å². The van der Waals surface area contributed by atoms with Gasteiger partial charge >= 0.3 is 0 Å². The third-order valence-corrected chi connectivity index (χ3v) is 4.83. The molecule has 5 nitrogen and oxygen atoms in total. The van der Waals surface area contributed by atoms with Gasteiger partial charge in [-0.2, -0.15) is 5.26 Å². The monoisotopic (exact) mass is 339 g/mol. The highest BCUT2D eigenvalue weighted by Gasteiger charge is 2.20. The van der Waals surface area contributed by atoms with Crippen molar-refractivity contribution in [2.75, 3.05) is 6.61 Å². The minimum atomic E-state index is -0.603. The molecule has 0 spiro atoms. The average molecular weight is 339 g/mol. The molecule has 5 heteroatoms. The maximum atomic E-state index is 10.5. The second-order valence-electron chi connectivity index (χ2n) is 6.89. The summed E-state index contributed by atoms with van der Waals surface area (Å²) in [6.45, 7) is 6.57. The van der Waals surface area contributed by atoms with E-state index in [2.05, 4.69) is 15.6 Å². The molecule has 1 aromatic carbocycles. The van der Waals surface area contributed by atoms with E-state index in [1.165, 1.54) is 24.2 Å². The first-order chi connectivity index (χ1) is 12.0. The third-order valence-electron chi connectivity index (χ3n) is 4.83. The van der Waals surface area contributed by atoms with E-state index >= 15 is 0 Å². The van der Waals surface area contributed by atoms with E-state index in [1.54, 1.807) is 0 Å². The molecule has 0 radical (unpaired) electrons. The number of ether oxygens (including phenoxy) is 1. The predicted octanol–water partition coefficient (Wildman–Crippen LogP) is 3.00. The number of fused-ring (bicyclic) bond motifs is 1. The Morgan fingerprint density at radius 3 is 2.60 bits per heavy atom. The van der Waals surface area contributed by atoms with Crippen molar-refractivity contribution >= 4 is 0 Å². The number of aryl methyl sites for hydroxylation is 4. The highest BCUT2D eigenvalue weighted by Crippen LogP contribution is 2.25. The molecule has 3 rings (SSSR count). The number of hydrogen-bond donors (Lipinski definition) is 1. The molecular weight excluding hydrogens is 314 g/mol. The van der Waals surface area contributed by atoms with Gasteiger partial charge < -0.3 is 14.4 Å². The number of nitriles is 1. The van der Waals surface area contributed by atoms with Gasteiger partial charge in [-0.15, -0.1) is 0 Å². The topological polar surface area (TPSA) is 71.1 Å². The zero-order valence-corrected chi connectivity index (χ0v) is 15.2. The van der Waals surface area contributed by atoms with Gasteiger partial charge in [0.2, 0.25) is 0 Å². The van der Waals surface area contributed by atoms with Crippen molar-refractivity contribution in [3.8, 4) is 11.8 Å². The van der Waals surface area contributed by atoms with Crippen molar-refractivity contribution in [2.24, 2.45) is 0 Å².